The van der Waals surface area contributed by atoms with Gasteiger partial charge in [-0.15, -0.1) is 0 Å². The summed E-state index contributed by atoms with van der Waals surface area (Å²) >= 11 is 0. The van der Waals surface area contributed by atoms with Gasteiger partial charge in [0, 0.05) is 16.6 Å². The van der Waals surface area contributed by atoms with E-state index in [-0.39, 0.29) is 5.54 Å². The van der Waals surface area contributed by atoms with Crippen molar-refractivity contribution in [1.82, 2.24) is 0 Å². The molecule has 0 spiro atoms. The van der Waals surface area contributed by atoms with Crippen LogP contribution in [0.2, 0.25) is 0 Å². The van der Waals surface area contributed by atoms with E-state index >= 15 is 0 Å². The molecular formula is C15H21N. The average molecular weight is 215 g/mol. The standard InChI is InChI=1S/C15H21N/c1-11-6-7-12-13(10-11)16-15(3)9-5-4-8-14(12,15)2/h6-7,10,16H,4-5,8-9H2,1-3H3. The van der Waals surface area contributed by atoms with Gasteiger partial charge < -0.3 is 5.32 Å². The molecule has 1 saturated carbocycles. The second-order valence-corrected chi connectivity index (χ2v) is 6.05. The predicted molar refractivity (Wildman–Crippen MR) is 69.0 cm³/mol. The maximum Gasteiger partial charge on any atom is 0.0440 e. The molecule has 86 valence electrons. The van der Waals surface area contributed by atoms with Gasteiger partial charge >= 0.3 is 0 Å². The van der Waals surface area contributed by atoms with Gasteiger partial charge in [-0.05, 0) is 43.9 Å². The number of anilines is 1. The Balaban J connectivity index is 2.16. The van der Waals surface area contributed by atoms with Crippen molar-refractivity contribution in [2.24, 2.45) is 0 Å². The van der Waals surface area contributed by atoms with E-state index in [4.69, 9.17) is 0 Å². The number of nitrogens with one attached hydrogen (secondary N) is 1. The Morgan fingerprint density at radius 2 is 1.88 bits per heavy atom. The first kappa shape index (κ1) is 10.2. The van der Waals surface area contributed by atoms with E-state index in [2.05, 4.69) is 44.3 Å². The van der Waals surface area contributed by atoms with Gasteiger partial charge in [-0.1, -0.05) is 31.9 Å². The number of benzene rings is 1. The number of fused-ring (bicyclic) bond motifs is 3. The summed E-state index contributed by atoms with van der Waals surface area (Å²) in [5.74, 6) is 0. The van der Waals surface area contributed by atoms with E-state index in [9.17, 15) is 0 Å². The third-order valence-corrected chi connectivity index (χ3v) is 5.00. The van der Waals surface area contributed by atoms with Gasteiger partial charge in [0.05, 0.1) is 0 Å². The molecule has 2 unspecified atom stereocenters. The molecule has 0 amide bonds. The number of aryl methyl sites for hydroxylation is 1. The first-order valence-corrected chi connectivity index (χ1v) is 6.45. The van der Waals surface area contributed by atoms with Crippen LogP contribution >= 0.6 is 0 Å². The Morgan fingerprint density at radius 3 is 2.69 bits per heavy atom. The summed E-state index contributed by atoms with van der Waals surface area (Å²) in [4.78, 5) is 0. The van der Waals surface area contributed by atoms with Crippen LogP contribution in [0.25, 0.3) is 0 Å². The molecule has 0 bridgehead atoms. The maximum atomic E-state index is 3.79. The van der Waals surface area contributed by atoms with E-state index < -0.39 is 0 Å². The molecule has 0 aromatic heterocycles. The Labute approximate surface area is 98.3 Å². The zero-order valence-electron chi connectivity index (χ0n) is 10.6. The van der Waals surface area contributed by atoms with Crippen LogP contribution in [0.15, 0.2) is 18.2 Å². The van der Waals surface area contributed by atoms with Crippen LogP contribution in [-0.2, 0) is 5.41 Å². The molecule has 1 aromatic carbocycles. The third kappa shape index (κ3) is 1.12. The maximum absolute atomic E-state index is 3.79. The van der Waals surface area contributed by atoms with Gasteiger partial charge in [-0.3, -0.25) is 0 Å². The summed E-state index contributed by atoms with van der Waals surface area (Å²) in [6.07, 6.45) is 5.37. The van der Waals surface area contributed by atoms with Crippen molar-refractivity contribution in [3.8, 4) is 0 Å². The minimum Gasteiger partial charge on any atom is -0.379 e. The van der Waals surface area contributed by atoms with Gasteiger partial charge in [0.1, 0.15) is 0 Å². The largest absolute Gasteiger partial charge is 0.379 e. The quantitative estimate of drug-likeness (QED) is 0.689. The zero-order valence-corrected chi connectivity index (χ0v) is 10.6. The first-order chi connectivity index (χ1) is 7.55. The van der Waals surface area contributed by atoms with Crippen LogP contribution in [0.4, 0.5) is 5.69 Å². The van der Waals surface area contributed by atoms with E-state index in [0.717, 1.165) is 0 Å². The highest BCUT2D eigenvalue weighted by atomic mass is 15.0. The lowest BCUT2D eigenvalue weighted by atomic mass is 9.62. The normalized spacial score (nSPS) is 36.4. The van der Waals surface area contributed by atoms with E-state index in [0.29, 0.717) is 5.41 Å². The van der Waals surface area contributed by atoms with Gasteiger partial charge in [-0.2, -0.15) is 0 Å². The summed E-state index contributed by atoms with van der Waals surface area (Å²) in [5, 5.41) is 3.79. The van der Waals surface area contributed by atoms with Crippen molar-refractivity contribution in [1.29, 1.82) is 0 Å². The van der Waals surface area contributed by atoms with E-state index in [1.54, 1.807) is 5.56 Å². The molecular weight excluding hydrogens is 194 g/mol. The lowest BCUT2D eigenvalue weighted by Gasteiger charge is -2.45. The fourth-order valence-electron chi connectivity index (χ4n) is 3.68. The van der Waals surface area contributed by atoms with Crippen molar-refractivity contribution in [3.63, 3.8) is 0 Å². The second kappa shape index (κ2) is 3.03. The van der Waals surface area contributed by atoms with Crippen molar-refractivity contribution < 1.29 is 0 Å². The average Bonchev–Trinajstić information content (AvgIpc) is 2.45. The highest BCUT2D eigenvalue weighted by molar-refractivity contribution is 5.65. The van der Waals surface area contributed by atoms with Gasteiger partial charge in [-0.25, -0.2) is 0 Å². The minimum absolute atomic E-state index is 0.279. The lowest BCUT2D eigenvalue weighted by molar-refractivity contribution is 0.214. The van der Waals surface area contributed by atoms with Crippen LogP contribution in [-0.4, -0.2) is 5.54 Å². The van der Waals surface area contributed by atoms with Crippen molar-refractivity contribution in [3.05, 3.63) is 29.3 Å². The highest BCUT2D eigenvalue weighted by Gasteiger charge is 2.52. The molecule has 0 radical (unpaired) electrons. The molecule has 0 saturated heterocycles. The predicted octanol–water partition coefficient (Wildman–Crippen LogP) is 4.01. The fraction of sp³-hybridized carbons (Fsp3) is 0.600. The Bertz CT molecular complexity index is 437. The van der Waals surface area contributed by atoms with Crippen LogP contribution in [0.1, 0.15) is 50.7 Å². The second-order valence-electron chi connectivity index (χ2n) is 6.05. The van der Waals surface area contributed by atoms with Crippen LogP contribution in [0.3, 0.4) is 0 Å². The molecule has 1 N–H and O–H groups in total. The summed E-state index contributed by atoms with van der Waals surface area (Å²) < 4.78 is 0. The molecule has 2 aliphatic rings. The molecule has 1 nitrogen and oxygen atoms in total. The monoisotopic (exact) mass is 215 g/mol. The van der Waals surface area contributed by atoms with Gasteiger partial charge in [0.25, 0.3) is 0 Å². The number of hydrogen-bond acceptors (Lipinski definition) is 1. The molecule has 1 aliphatic carbocycles. The molecule has 1 heterocycles. The molecule has 1 fully saturated rings. The topological polar surface area (TPSA) is 12.0 Å². The summed E-state index contributed by atoms with van der Waals surface area (Å²) in [5.41, 5.74) is 4.90. The molecule has 1 aliphatic heterocycles. The van der Waals surface area contributed by atoms with Crippen molar-refractivity contribution in [2.45, 2.75) is 57.4 Å². The SMILES string of the molecule is Cc1ccc2c(c1)NC1(C)CCCCC21C. The van der Waals surface area contributed by atoms with Crippen molar-refractivity contribution in [2.75, 3.05) is 5.32 Å². The van der Waals surface area contributed by atoms with E-state index in [1.807, 2.05) is 0 Å². The molecule has 1 aromatic rings. The molecule has 1 heteroatoms. The molecule has 3 rings (SSSR count). The minimum atomic E-state index is 0.279. The fourth-order valence-corrected chi connectivity index (χ4v) is 3.68. The summed E-state index contributed by atoms with van der Waals surface area (Å²) in [6, 6.07) is 6.91. The first-order valence-electron chi connectivity index (χ1n) is 6.45. The van der Waals surface area contributed by atoms with Gasteiger partial charge in [0.15, 0.2) is 0 Å². The van der Waals surface area contributed by atoms with Gasteiger partial charge in [0.2, 0.25) is 0 Å². The number of rotatable bonds is 0. The molecule has 16 heavy (non-hydrogen) atoms. The Kier molecular flexibility index (Phi) is 1.93. The summed E-state index contributed by atoms with van der Waals surface area (Å²) in [6.45, 7) is 7.02. The molecule has 2 atom stereocenters. The van der Waals surface area contributed by atoms with Crippen LogP contribution in [0.5, 0.6) is 0 Å². The third-order valence-electron chi connectivity index (χ3n) is 5.00. The van der Waals surface area contributed by atoms with Crippen LogP contribution < -0.4 is 5.32 Å². The highest BCUT2D eigenvalue weighted by Crippen LogP contribution is 2.54. The van der Waals surface area contributed by atoms with Crippen LogP contribution in [0, 0.1) is 6.92 Å². The number of hydrogen-bond donors (Lipinski definition) is 1. The Morgan fingerprint density at radius 1 is 1.12 bits per heavy atom. The lowest BCUT2D eigenvalue weighted by Crippen LogP contribution is -2.50. The summed E-state index contributed by atoms with van der Waals surface area (Å²) in [7, 11) is 0. The van der Waals surface area contributed by atoms with Crippen molar-refractivity contribution >= 4 is 5.69 Å². The zero-order chi connectivity index (χ0) is 11.4. The van der Waals surface area contributed by atoms with E-state index in [1.165, 1.54) is 36.9 Å². The smallest absolute Gasteiger partial charge is 0.0440 e. The Hall–Kier alpha value is -0.980.